The average molecular weight is 412 g/mol. The van der Waals surface area contributed by atoms with Crippen LogP contribution in [0.3, 0.4) is 0 Å². The summed E-state index contributed by atoms with van der Waals surface area (Å²) in [5, 5.41) is 0. The maximum atomic E-state index is 11.7. The monoisotopic (exact) mass is 411 g/mol. The van der Waals surface area contributed by atoms with E-state index in [1.54, 1.807) is 0 Å². The lowest BCUT2D eigenvalue weighted by Crippen LogP contribution is -2.24. The number of hydrogen-bond acceptors (Lipinski definition) is 3. The van der Waals surface area contributed by atoms with Crippen LogP contribution in [0.15, 0.2) is 0 Å². The molecule has 0 saturated heterocycles. The summed E-state index contributed by atoms with van der Waals surface area (Å²) in [7, 11) is 0. The van der Waals surface area contributed by atoms with Gasteiger partial charge in [0, 0.05) is 6.42 Å². The van der Waals surface area contributed by atoms with Crippen molar-refractivity contribution in [2.24, 2.45) is 0 Å². The van der Waals surface area contributed by atoms with E-state index in [0.29, 0.717) is 13.0 Å². The first-order chi connectivity index (χ1) is 14.2. The Hall–Kier alpha value is -0.570. The first-order valence-corrected chi connectivity index (χ1v) is 13.1. The van der Waals surface area contributed by atoms with Crippen LogP contribution < -0.4 is 0 Å². The molecule has 3 heteroatoms. The van der Waals surface area contributed by atoms with E-state index in [1.165, 1.54) is 89.9 Å². The Bertz CT molecular complexity index is 329. The molecule has 0 aromatic carbocycles. The first kappa shape index (κ1) is 28.4. The van der Waals surface area contributed by atoms with Crippen LogP contribution >= 0.6 is 0 Å². The molecule has 3 nitrogen and oxygen atoms in total. The zero-order valence-electron chi connectivity index (χ0n) is 20.3. The van der Waals surface area contributed by atoms with Crippen LogP contribution in [0.5, 0.6) is 0 Å². The van der Waals surface area contributed by atoms with Crippen molar-refractivity contribution in [3.63, 3.8) is 0 Å². The topological polar surface area (TPSA) is 29.5 Å². The van der Waals surface area contributed by atoms with Gasteiger partial charge in [-0.05, 0) is 38.9 Å². The van der Waals surface area contributed by atoms with Gasteiger partial charge in [0.25, 0.3) is 0 Å². The molecular weight excluding hydrogens is 358 g/mol. The van der Waals surface area contributed by atoms with Gasteiger partial charge < -0.3 is 9.64 Å². The van der Waals surface area contributed by atoms with Crippen molar-refractivity contribution in [3.8, 4) is 0 Å². The molecule has 0 bridgehead atoms. The molecule has 29 heavy (non-hydrogen) atoms. The van der Waals surface area contributed by atoms with Gasteiger partial charge in [0.15, 0.2) is 0 Å². The van der Waals surface area contributed by atoms with E-state index in [2.05, 4.69) is 25.7 Å². The summed E-state index contributed by atoms with van der Waals surface area (Å²) in [6, 6.07) is 0. The third-order valence-electron chi connectivity index (χ3n) is 6.01. The Balaban J connectivity index is 3.18. The zero-order chi connectivity index (χ0) is 21.4. The second kappa shape index (κ2) is 23.7. The van der Waals surface area contributed by atoms with E-state index in [-0.39, 0.29) is 5.97 Å². The molecule has 0 atom stereocenters. The highest BCUT2D eigenvalue weighted by Gasteiger charge is 2.04. The minimum absolute atomic E-state index is 0.00471. The number of nitrogens with zero attached hydrogens (tertiary/aromatic N) is 1. The molecule has 0 saturated carbocycles. The third-order valence-corrected chi connectivity index (χ3v) is 6.01. The Kier molecular flexibility index (Phi) is 23.2. The van der Waals surface area contributed by atoms with Gasteiger partial charge in [0.2, 0.25) is 0 Å². The number of hydrogen-bond donors (Lipinski definition) is 0. The molecule has 0 rings (SSSR count). The molecule has 0 heterocycles. The highest BCUT2D eigenvalue weighted by Crippen LogP contribution is 2.13. The number of ether oxygens (including phenoxy) is 1. The summed E-state index contributed by atoms with van der Waals surface area (Å²) in [6.07, 6.45) is 23.1. The summed E-state index contributed by atoms with van der Waals surface area (Å²) < 4.78 is 5.36. The highest BCUT2D eigenvalue weighted by atomic mass is 16.5. The van der Waals surface area contributed by atoms with Gasteiger partial charge in [0.1, 0.15) is 0 Å². The van der Waals surface area contributed by atoms with Crippen LogP contribution in [-0.4, -0.2) is 37.1 Å². The number of carbonyl (C=O) groups is 1. The summed E-state index contributed by atoms with van der Waals surface area (Å²) >= 11 is 0. The maximum Gasteiger partial charge on any atom is 0.305 e. The fraction of sp³-hybridized carbons (Fsp3) is 0.962. The van der Waals surface area contributed by atoms with Crippen LogP contribution in [0.25, 0.3) is 0 Å². The van der Waals surface area contributed by atoms with Gasteiger partial charge in [0.05, 0.1) is 6.61 Å². The molecular formula is C26H53NO2. The van der Waals surface area contributed by atoms with Crippen molar-refractivity contribution in [1.82, 2.24) is 4.90 Å². The summed E-state index contributed by atoms with van der Waals surface area (Å²) in [5.74, 6) is -0.00471. The molecule has 0 aliphatic heterocycles. The molecule has 0 fully saturated rings. The molecule has 0 aromatic rings. The molecule has 0 spiro atoms. The molecule has 174 valence electrons. The second-order valence-corrected chi connectivity index (χ2v) is 8.65. The lowest BCUT2D eigenvalue weighted by atomic mass is 10.0. The molecule has 0 aliphatic rings. The minimum atomic E-state index is -0.00471. The van der Waals surface area contributed by atoms with Gasteiger partial charge >= 0.3 is 5.97 Å². The van der Waals surface area contributed by atoms with E-state index in [9.17, 15) is 4.79 Å². The Morgan fingerprint density at radius 2 is 1.03 bits per heavy atom. The van der Waals surface area contributed by atoms with E-state index in [0.717, 1.165) is 38.9 Å². The standard InChI is InChI=1S/C26H53NO2/c1-4-7-8-9-10-11-12-13-14-15-16-17-18-19-22-25-29-26(28)23-20-21-24-27(5-2)6-3/h4-25H2,1-3H3. The van der Waals surface area contributed by atoms with Crippen molar-refractivity contribution in [2.75, 3.05) is 26.2 Å². The molecule has 0 N–H and O–H groups in total. The molecule has 0 radical (unpaired) electrons. The van der Waals surface area contributed by atoms with Crippen LogP contribution in [-0.2, 0) is 9.53 Å². The number of esters is 1. The summed E-state index contributed by atoms with van der Waals surface area (Å²) in [5.41, 5.74) is 0. The quantitative estimate of drug-likeness (QED) is 0.126. The second-order valence-electron chi connectivity index (χ2n) is 8.65. The Morgan fingerprint density at radius 1 is 0.586 bits per heavy atom. The fourth-order valence-corrected chi connectivity index (χ4v) is 3.88. The lowest BCUT2D eigenvalue weighted by molar-refractivity contribution is -0.143. The van der Waals surface area contributed by atoms with Crippen LogP contribution in [0.2, 0.25) is 0 Å². The van der Waals surface area contributed by atoms with Gasteiger partial charge in [-0.3, -0.25) is 4.79 Å². The average Bonchev–Trinajstić information content (AvgIpc) is 2.73. The van der Waals surface area contributed by atoms with Crippen LogP contribution in [0, 0.1) is 0 Å². The van der Waals surface area contributed by atoms with Crippen molar-refractivity contribution in [3.05, 3.63) is 0 Å². The minimum Gasteiger partial charge on any atom is -0.466 e. The summed E-state index contributed by atoms with van der Waals surface area (Å²) in [6.45, 7) is 10.6. The molecule has 0 aliphatic carbocycles. The van der Waals surface area contributed by atoms with Gasteiger partial charge in [-0.1, -0.05) is 111 Å². The normalized spacial score (nSPS) is 11.3. The van der Waals surface area contributed by atoms with Crippen molar-refractivity contribution in [2.45, 2.75) is 136 Å². The molecule has 0 amide bonds. The van der Waals surface area contributed by atoms with E-state index in [1.807, 2.05) is 0 Å². The maximum absolute atomic E-state index is 11.7. The van der Waals surface area contributed by atoms with Crippen molar-refractivity contribution in [1.29, 1.82) is 0 Å². The van der Waals surface area contributed by atoms with E-state index < -0.39 is 0 Å². The lowest BCUT2D eigenvalue weighted by Gasteiger charge is -2.17. The van der Waals surface area contributed by atoms with Gasteiger partial charge in [-0.25, -0.2) is 0 Å². The fourth-order valence-electron chi connectivity index (χ4n) is 3.88. The van der Waals surface area contributed by atoms with E-state index in [4.69, 9.17) is 4.74 Å². The van der Waals surface area contributed by atoms with Crippen molar-refractivity contribution < 1.29 is 9.53 Å². The zero-order valence-corrected chi connectivity index (χ0v) is 20.3. The number of carbonyl (C=O) groups excluding carboxylic acids is 1. The molecule has 0 unspecified atom stereocenters. The number of rotatable bonds is 23. The smallest absolute Gasteiger partial charge is 0.305 e. The Morgan fingerprint density at radius 3 is 1.48 bits per heavy atom. The SMILES string of the molecule is CCCCCCCCCCCCCCCCCOC(=O)CCCCN(CC)CC. The number of unbranched alkanes of at least 4 members (excludes halogenated alkanes) is 15. The molecule has 0 aromatic heterocycles. The highest BCUT2D eigenvalue weighted by molar-refractivity contribution is 5.69. The van der Waals surface area contributed by atoms with Crippen LogP contribution in [0.1, 0.15) is 136 Å². The van der Waals surface area contributed by atoms with Gasteiger partial charge in [-0.2, -0.15) is 0 Å². The Labute approximate surface area is 183 Å². The largest absolute Gasteiger partial charge is 0.466 e. The first-order valence-electron chi connectivity index (χ1n) is 13.1. The van der Waals surface area contributed by atoms with Crippen LogP contribution in [0.4, 0.5) is 0 Å². The summed E-state index contributed by atoms with van der Waals surface area (Å²) in [4.78, 5) is 14.1. The predicted molar refractivity (Wildman–Crippen MR) is 128 cm³/mol. The van der Waals surface area contributed by atoms with Crippen molar-refractivity contribution >= 4 is 5.97 Å². The predicted octanol–water partition coefficient (Wildman–Crippen LogP) is 7.91. The third kappa shape index (κ3) is 21.9. The van der Waals surface area contributed by atoms with Gasteiger partial charge in [-0.15, -0.1) is 0 Å². The van der Waals surface area contributed by atoms with E-state index >= 15 is 0 Å².